The molecular formula is C16H23N3O2. The number of aromatic nitrogens is 3. The van der Waals surface area contributed by atoms with Gasteiger partial charge in [-0.05, 0) is 65.2 Å². The first-order valence-electron chi connectivity index (χ1n) is 7.16. The topological polar surface area (TPSA) is 60.0 Å². The van der Waals surface area contributed by atoms with E-state index in [1.54, 1.807) is 4.57 Å². The van der Waals surface area contributed by atoms with E-state index >= 15 is 0 Å². The van der Waals surface area contributed by atoms with Gasteiger partial charge in [0.2, 0.25) is 0 Å². The van der Waals surface area contributed by atoms with Crippen LogP contribution < -0.4 is 5.69 Å². The Labute approximate surface area is 124 Å². The van der Waals surface area contributed by atoms with Gasteiger partial charge in [0.25, 0.3) is 0 Å². The minimum atomic E-state index is -0.170. The third-order valence-corrected chi connectivity index (χ3v) is 4.25. The number of phenolic OH excluding ortho intramolecular Hbond substituents is 1. The van der Waals surface area contributed by atoms with Crippen molar-refractivity contribution in [2.24, 2.45) is 0 Å². The molecule has 0 unspecified atom stereocenters. The van der Waals surface area contributed by atoms with E-state index in [9.17, 15) is 9.90 Å². The van der Waals surface area contributed by atoms with Crippen molar-refractivity contribution < 1.29 is 5.11 Å². The highest BCUT2D eigenvalue weighted by Gasteiger charge is 2.21. The molecule has 0 spiro atoms. The molecule has 5 nitrogen and oxygen atoms in total. The fourth-order valence-electron chi connectivity index (χ4n) is 2.85. The number of phenols is 1. The van der Waals surface area contributed by atoms with Gasteiger partial charge < -0.3 is 5.11 Å². The van der Waals surface area contributed by atoms with Crippen molar-refractivity contribution in [3.63, 3.8) is 0 Å². The Morgan fingerprint density at radius 1 is 0.952 bits per heavy atom. The lowest BCUT2D eigenvalue weighted by Gasteiger charge is -2.16. The molecule has 0 fully saturated rings. The van der Waals surface area contributed by atoms with E-state index in [1.807, 2.05) is 48.5 Å². The number of aromatic hydroxyl groups is 1. The van der Waals surface area contributed by atoms with Crippen molar-refractivity contribution in [2.45, 2.75) is 54.5 Å². The van der Waals surface area contributed by atoms with Gasteiger partial charge in [-0.15, -0.1) is 0 Å². The van der Waals surface area contributed by atoms with E-state index in [2.05, 4.69) is 5.10 Å². The maximum atomic E-state index is 12.6. The van der Waals surface area contributed by atoms with Crippen LogP contribution in [0.25, 0.3) is 5.69 Å². The predicted molar refractivity (Wildman–Crippen MR) is 83.6 cm³/mol. The summed E-state index contributed by atoms with van der Waals surface area (Å²) in [4.78, 5) is 12.6. The standard InChI is InChI=1S/C16H23N3O2/c1-8(2)18-13(7)17-19(16(18)21)14-10(4)9(3)11(5)15(20)12(14)6/h8,20H,1-7H3. The Hall–Kier alpha value is -2.04. The highest BCUT2D eigenvalue weighted by Crippen LogP contribution is 2.33. The lowest BCUT2D eigenvalue weighted by Crippen LogP contribution is -2.26. The summed E-state index contributed by atoms with van der Waals surface area (Å²) in [5.74, 6) is 0.906. The molecule has 0 bridgehead atoms. The summed E-state index contributed by atoms with van der Waals surface area (Å²) in [6.45, 7) is 13.3. The van der Waals surface area contributed by atoms with E-state index in [0.717, 1.165) is 16.7 Å². The molecule has 114 valence electrons. The second-order valence-electron chi connectivity index (χ2n) is 5.90. The quantitative estimate of drug-likeness (QED) is 0.924. The molecule has 0 aliphatic rings. The summed E-state index contributed by atoms with van der Waals surface area (Å²) in [6, 6.07) is 0.0482. The summed E-state index contributed by atoms with van der Waals surface area (Å²) >= 11 is 0. The fraction of sp³-hybridized carbons (Fsp3) is 0.500. The Morgan fingerprint density at radius 2 is 1.52 bits per heavy atom. The molecule has 1 N–H and O–H groups in total. The molecule has 0 amide bonds. The second-order valence-corrected chi connectivity index (χ2v) is 5.90. The maximum absolute atomic E-state index is 12.6. The predicted octanol–water partition coefficient (Wildman–Crippen LogP) is 2.86. The summed E-state index contributed by atoms with van der Waals surface area (Å²) in [7, 11) is 0. The maximum Gasteiger partial charge on any atom is 0.350 e. The summed E-state index contributed by atoms with van der Waals surface area (Å²) in [6.07, 6.45) is 0. The zero-order valence-electron chi connectivity index (χ0n) is 13.8. The minimum Gasteiger partial charge on any atom is -0.507 e. The van der Waals surface area contributed by atoms with Crippen molar-refractivity contribution >= 4 is 0 Å². The van der Waals surface area contributed by atoms with Gasteiger partial charge in [-0.2, -0.15) is 9.78 Å². The molecule has 21 heavy (non-hydrogen) atoms. The minimum absolute atomic E-state index is 0.0482. The molecule has 1 heterocycles. The molecule has 5 heteroatoms. The Morgan fingerprint density at radius 3 is 2.00 bits per heavy atom. The lowest BCUT2D eigenvalue weighted by atomic mass is 9.97. The molecule has 1 aromatic heterocycles. The normalized spacial score (nSPS) is 11.4. The number of hydrogen-bond acceptors (Lipinski definition) is 3. The second kappa shape index (κ2) is 5.06. The first kappa shape index (κ1) is 15.4. The van der Waals surface area contributed by atoms with Crippen LogP contribution in [0.1, 0.15) is 48.0 Å². The lowest BCUT2D eigenvalue weighted by molar-refractivity contribution is 0.465. The number of hydrogen-bond donors (Lipinski definition) is 1. The molecule has 0 saturated carbocycles. The third kappa shape index (κ3) is 2.17. The zero-order chi connectivity index (χ0) is 16.1. The highest BCUT2D eigenvalue weighted by molar-refractivity contribution is 5.60. The van der Waals surface area contributed by atoms with Gasteiger partial charge >= 0.3 is 5.69 Å². The zero-order valence-corrected chi connectivity index (χ0v) is 13.8. The fourth-order valence-corrected chi connectivity index (χ4v) is 2.85. The molecule has 0 aliphatic carbocycles. The van der Waals surface area contributed by atoms with Crippen molar-refractivity contribution in [3.8, 4) is 11.4 Å². The van der Waals surface area contributed by atoms with Crippen LogP contribution in [0.3, 0.4) is 0 Å². The molecule has 2 rings (SSSR count). The number of rotatable bonds is 2. The average molecular weight is 289 g/mol. The van der Waals surface area contributed by atoms with Crippen LogP contribution in [0.5, 0.6) is 5.75 Å². The van der Waals surface area contributed by atoms with Gasteiger partial charge in [-0.25, -0.2) is 4.79 Å². The molecule has 0 radical (unpaired) electrons. The average Bonchev–Trinajstić information content (AvgIpc) is 2.70. The van der Waals surface area contributed by atoms with E-state index in [4.69, 9.17) is 0 Å². The largest absolute Gasteiger partial charge is 0.507 e. The van der Waals surface area contributed by atoms with Crippen LogP contribution >= 0.6 is 0 Å². The highest BCUT2D eigenvalue weighted by atomic mass is 16.3. The number of nitrogens with zero attached hydrogens (tertiary/aromatic N) is 3. The first-order chi connectivity index (χ1) is 9.68. The van der Waals surface area contributed by atoms with Crippen molar-refractivity contribution in [1.29, 1.82) is 0 Å². The molecule has 0 atom stereocenters. The van der Waals surface area contributed by atoms with Crippen molar-refractivity contribution in [1.82, 2.24) is 14.3 Å². The smallest absolute Gasteiger partial charge is 0.350 e. The summed E-state index contributed by atoms with van der Waals surface area (Å²) in [5, 5.41) is 14.7. The van der Waals surface area contributed by atoms with Crippen molar-refractivity contribution in [3.05, 3.63) is 38.6 Å². The van der Waals surface area contributed by atoms with Crippen LogP contribution in [-0.4, -0.2) is 19.5 Å². The van der Waals surface area contributed by atoms with Gasteiger partial charge in [0.1, 0.15) is 11.6 Å². The molecule has 0 aliphatic heterocycles. The van der Waals surface area contributed by atoms with E-state index in [-0.39, 0.29) is 17.5 Å². The van der Waals surface area contributed by atoms with Gasteiger partial charge in [0.05, 0.1) is 5.69 Å². The molecule has 1 aromatic carbocycles. The SMILES string of the molecule is Cc1c(C)c(O)c(C)c(-n2nc(C)n(C(C)C)c2=O)c1C. The van der Waals surface area contributed by atoms with E-state index in [0.29, 0.717) is 17.1 Å². The molecule has 0 saturated heterocycles. The van der Waals surface area contributed by atoms with E-state index in [1.165, 1.54) is 4.68 Å². The van der Waals surface area contributed by atoms with Crippen LogP contribution in [0.4, 0.5) is 0 Å². The van der Waals surface area contributed by atoms with Crippen LogP contribution in [0, 0.1) is 34.6 Å². The molecular weight excluding hydrogens is 266 g/mol. The first-order valence-corrected chi connectivity index (χ1v) is 7.16. The van der Waals surface area contributed by atoms with Gasteiger partial charge in [0.15, 0.2) is 0 Å². The molecule has 2 aromatic rings. The van der Waals surface area contributed by atoms with Crippen LogP contribution in [0.2, 0.25) is 0 Å². The Balaban J connectivity index is 2.87. The van der Waals surface area contributed by atoms with Crippen LogP contribution in [0.15, 0.2) is 4.79 Å². The van der Waals surface area contributed by atoms with Crippen LogP contribution in [-0.2, 0) is 0 Å². The summed E-state index contributed by atoms with van der Waals surface area (Å²) < 4.78 is 3.07. The monoisotopic (exact) mass is 289 g/mol. The number of benzene rings is 1. The summed E-state index contributed by atoms with van der Waals surface area (Å²) in [5.41, 5.74) is 4.00. The Kier molecular flexibility index (Phi) is 3.70. The third-order valence-electron chi connectivity index (χ3n) is 4.25. The Bertz CT molecular complexity index is 738. The van der Waals surface area contributed by atoms with Gasteiger partial charge in [-0.1, -0.05) is 0 Å². The van der Waals surface area contributed by atoms with E-state index < -0.39 is 0 Å². The van der Waals surface area contributed by atoms with Crippen molar-refractivity contribution in [2.75, 3.05) is 0 Å². The van der Waals surface area contributed by atoms with Gasteiger partial charge in [0, 0.05) is 11.6 Å². The van der Waals surface area contributed by atoms with Gasteiger partial charge in [-0.3, -0.25) is 4.57 Å². The number of aryl methyl sites for hydroxylation is 1.